The zero-order chi connectivity index (χ0) is 13.3. The van der Waals surface area contributed by atoms with Crippen LogP contribution in [0.3, 0.4) is 0 Å². The van der Waals surface area contributed by atoms with E-state index in [1.807, 2.05) is 0 Å². The second kappa shape index (κ2) is 3.28. The van der Waals surface area contributed by atoms with E-state index in [0.29, 0.717) is 0 Å². The van der Waals surface area contributed by atoms with Crippen LogP contribution in [0.5, 0.6) is 0 Å². The lowest BCUT2D eigenvalue weighted by Gasteiger charge is -2.04. The van der Waals surface area contributed by atoms with Crippen molar-refractivity contribution in [2.24, 2.45) is 0 Å². The summed E-state index contributed by atoms with van der Waals surface area (Å²) < 4.78 is 5.61. The topological polar surface area (TPSA) is 26.0 Å². The van der Waals surface area contributed by atoms with Crippen LogP contribution in [-0.4, -0.2) is 4.98 Å². The van der Waals surface area contributed by atoms with Crippen molar-refractivity contribution >= 4 is 21.9 Å². The van der Waals surface area contributed by atoms with Gasteiger partial charge in [0.25, 0.3) is 0 Å². The second-order valence-corrected chi connectivity index (χ2v) is 5.41. The zero-order valence-corrected chi connectivity index (χ0v) is 11.0. The number of fused-ring (bicyclic) bond motifs is 5. The van der Waals surface area contributed by atoms with E-state index in [1.165, 1.54) is 45.0 Å². The van der Waals surface area contributed by atoms with E-state index in [4.69, 9.17) is 4.42 Å². The maximum Gasteiger partial charge on any atom is 0.182 e. The predicted octanol–water partition coefficient (Wildman–Crippen LogP) is 4.94. The predicted molar refractivity (Wildman–Crippen MR) is 80.7 cm³/mol. The lowest BCUT2D eigenvalue weighted by Crippen LogP contribution is -1.81. The summed E-state index contributed by atoms with van der Waals surface area (Å²) in [6, 6.07) is 15.2. The normalized spacial score (nSPS) is 12.2. The van der Waals surface area contributed by atoms with Crippen LogP contribution < -0.4 is 0 Å². The Balaban J connectivity index is 2.14. The van der Waals surface area contributed by atoms with Crippen molar-refractivity contribution in [2.45, 2.75) is 6.92 Å². The molecule has 1 aliphatic carbocycles. The van der Waals surface area contributed by atoms with Gasteiger partial charge in [0.2, 0.25) is 0 Å². The molecule has 2 nitrogen and oxygen atoms in total. The van der Waals surface area contributed by atoms with Gasteiger partial charge in [0.15, 0.2) is 12.0 Å². The Kier molecular flexibility index (Phi) is 1.68. The highest BCUT2D eigenvalue weighted by molar-refractivity contribution is 6.21. The first-order valence-electron chi connectivity index (χ1n) is 6.73. The van der Waals surface area contributed by atoms with E-state index in [-0.39, 0.29) is 0 Å². The van der Waals surface area contributed by atoms with Crippen molar-refractivity contribution in [1.29, 1.82) is 0 Å². The van der Waals surface area contributed by atoms with Crippen LogP contribution in [0.1, 0.15) is 5.56 Å². The van der Waals surface area contributed by atoms with Crippen LogP contribution in [-0.2, 0) is 0 Å². The van der Waals surface area contributed by atoms with E-state index in [2.05, 4.69) is 54.4 Å². The van der Waals surface area contributed by atoms with Crippen molar-refractivity contribution in [2.75, 3.05) is 0 Å². The maximum atomic E-state index is 5.61. The van der Waals surface area contributed by atoms with Crippen molar-refractivity contribution in [1.82, 2.24) is 4.98 Å². The molecule has 94 valence electrons. The number of rotatable bonds is 0. The summed E-state index contributed by atoms with van der Waals surface area (Å²) in [5, 5.41) is 2.46. The second-order valence-electron chi connectivity index (χ2n) is 5.41. The van der Waals surface area contributed by atoms with Crippen molar-refractivity contribution in [3.8, 4) is 22.3 Å². The fourth-order valence-corrected chi connectivity index (χ4v) is 3.40. The molecule has 1 heterocycles. The number of benzene rings is 3. The SMILES string of the molecule is Cc1cc2c3c(cc4ncoc4c3c1)-c1ccccc1-2. The Bertz CT molecular complexity index is 1010. The third kappa shape index (κ3) is 1.08. The van der Waals surface area contributed by atoms with Gasteiger partial charge in [-0.1, -0.05) is 30.3 Å². The molecule has 0 radical (unpaired) electrons. The molecule has 0 amide bonds. The molecule has 1 aromatic heterocycles. The van der Waals surface area contributed by atoms with Gasteiger partial charge >= 0.3 is 0 Å². The van der Waals surface area contributed by atoms with Gasteiger partial charge in [0.05, 0.1) is 0 Å². The molecular weight excluding hydrogens is 246 g/mol. The van der Waals surface area contributed by atoms with Gasteiger partial charge in [0, 0.05) is 10.8 Å². The van der Waals surface area contributed by atoms with Crippen LogP contribution in [0.4, 0.5) is 0 Å². The van der Waals surface area contributed by atoms with E-state index in [9.17, 15) is 0 Å². The van der Waals surface area contributed by atoms with E-state index >= 15 is 0 Å². The summed E-state index contributed by atoms with van der Waals surface area (Å²) in [6.07, 6.45) is 1.53. The van der Waals surface area contributed by atoms with E-state index in [1.54, 1.807) is 0 Å². The van der Waals surface area contributed by atoms with Gasteiger partial charge in [-0.2, -0.15) is 0 Å². The Labute approximate surface area is 115 Å². The minimum atomic E-state index is 0.890. The van der Waals surface area contributed by atoms with Gasteiger partial charge in [-0.15, -0.1) is 0 Å². The Morgan fingerprint density at radius 2 is 1.65 bits per heavy atom. The van der Waals surface area contributed by atoms with Gasteiger partial charge in [-0.25, -0.2) is 4.98 Å². The molecule has 4 aromatic rings. The first kappa shape index (κ1) is 10.2. The molecule has 0 bridgehead atoms. The number of hydrogen-bond acceptors (Lipinski definition) is 2. The quantitative estimate of drug-likeness (QED) is 0.393. The van der Waals surface area contributed by atoms with Crippen LogP contribution in [0, 0.1) is 6.92 Å². The third-order valence-corrected chi connectivity index (χ3v) is 4.18. The molecule has 0 saturated heterocycles. The van der Waals surface area contributed by atoms with Crippen LogP contribution >= 0.6 is 0 Å². The number of nitrogens with zero attached hydrogens (tertiary/aromatic N) is 1. The smallest absolute Gasteiger partial charge is 0.182 e. The Morgan fingerprint density at radius 1 is 0.900 bits per heavy atom. The van der Waals surface area contributed by atoms with Crippen LogP contribution in [0.2, 0.25) is 0 Å². The molecule has 0 fully saturated rings. The molecule has 20 heavy (non-hydrogen) atoms. The molecule has 0 unspecified atom stereocenters. The molecule has 5 rings (SSSR count). The number of oxazole rings is 1. The number of hydrogen-bond donors (Lipinski definition) is 0. The molecule has 2 heteroatoms. The summed E-state index contributed by atoms with van der Waals surface area (Å²) >= 11 is 0. The monoisotopic (exact) mass is 257 g/mol. The lowest BCUT2D eigenvalue weighted by molar-refractivity contribution is 0.605. The highest BCUT2D eigenvalue weighted by atomic mass is 16.3. The van der Waals surface area contributed by atoms with Crippen LogP contribution in [0.25, 0.3) is 44.1 Å². The Morgan fingerprint density at radius 3 is 2.45 bits per heavy atom. The van der Waals surface area contributed by atoms with Gasteiger partial charge in [0.1, 0.15) is 5.52 Å². The Hall–Kier alpha value is -2.61. The minimum Gasteiger partial charge on any atom is -0.443 e. The summed E-state index contributed by atoms with van der Waals surface area (Å²) in [6.45, 7) is 2.13. The molecule has 0 aliphatic heterocycles. The zero-order valence-electron chi connectivity index (χ0n) is 11.0. The fraction of sp³-hybridized carbons (Fsp3) is 0.0556. The molecule has 0 N–H and O–H groups in total. The first-order valence-corrected chi connectivity index (χ1v) is 6.73. The highest BCUT2D eigenvalue weighted by Crippen LogP contribution is 2.49. The van der Waals surface area contributed by atoms with Crippen molar-refractivity contribution in [3.63, 3.8) is 0 Å². The molecule has 1 aliphatic rings. The van der Waals surface area contributed by atoms with Crippen LogP contribution in [0.15, 0.2) is 53.3 Å². The first-order chi connectivity index (χ1) is 9.83. The molecule has 3 aromatic carbocycles. The number of aryl methyl sites for hydroxylation is 1. The highest BCUT2D eigenvalue weighted by Gasteiger charge is 2.23. The average molecular weight is 257 g/mol. The van der Waals surface area contributed by atoms with Crippen molar-refractivity contribution < 1.29 is 4.42 Å². The number of aromatic nitrogens is 1. The largest absolute Gasteiger partial charge is 0.443 e. The standard InChI is InChI=1S/C18H11NO/c1-10-6-13-11-4-2-3-5-12(11)14-8-16-18(20-9-19-16)15(7-10)17(13)14/h2-9H,1H3. The fourth-order valence-electron chi connectivity index (χ4n) is 3.40. The van der Waals surface area contributed by atoms with E-state index in [0.717, 1.165) is 11.1 Å². The van der Waals surface area contributed by atoms with Gasteiger partial charge in [-0.05, 0) is 46.9 Å². The summed E-state index contributed by atoms with van der Waals surface area (Å²) in [4.78, 5) is 4.34. The molecule has 0 saturated carbocycles. The van der Waals surface area contributed by atoms with Gasteiger partial charge in [-0.3, -0.25) is 0 Å². The maximum absolute atomic E-state index is 5.61. The third-order valence-electron chi connectivity index (χ3n) is 4.18. The minimum absolute atomic E-state index is 0.890. The molecule has 0 atom stereocenters. The lowest BCUT2D eigenvalue weighted by atomic mass is 9.99. The van der Waals surface area contributed by atoms with Gasteiger partial charge < -0.3 is 4.42 Å². The summed E-state index contributed by atoms with van der Waals surface area (Å²) in [5.74, 6) is 0. The van der Waals surface area contributed by atoms with Crippen molar-refractivity contribution in [3.05, 3.63) is 54.4 Å². The summed E-state index contributed by atoms with van der Waals surface area (Å²) in [5.41, 5.74) is 8.25. The summed E-state index contributed by atoms with van der Waals surface area (Å²) in [7, 11) is 0. The molecular formula is C18H11NO. The average Bonchev–Trinajstić information content (AvgIpc) is 3.04. The van der Waals surface area contributed by atoms with E-state index < -0.39 is 0 Å². The molecule has 0 spiro atoms.